The summed E-state index contributed by atoms with van der Waals surface area (Å²) in [6.45, 7) is -0.549. The molecule has 0 N–H and O–H groups in total. The van der Waals surface area contributed by atoms with Crippen molar-refractivity contribution < 1.29 is 22.0 Å². The summed E-state index contributed by atoms with van der Waals surface area (Å²) in [6, 6.07) is 8.91. The Morgan fingerprint density at radius 1 is 1.03 bits per heavy atom. The molecule has 0 saturated heterocycles. The van der Waals surface area contributed by atoms with Gasteiger partial charge >= 0.3 is 6.18 Å². The number of halogens is 5. The number of hydrogen-bond donors (Lipinski definition) is 0. The molecule has 1 aromatic carbocycles. The zero-order valence-electron chi connectivity index (χ0n) is 17.8. The highest BCUT2D eigenvalue weighted by Crippen LogP contribution is 2.41. The van der Waals surface area contributed by atoms with Crippen molar-refractivity contribution in [3.8, 4) is 6.07 Å². The molecule has 1 saturated carbocycles. The van der Waals surface area contributed by atoms with Gasteiger partial charge in [0, 0.05) is 17.3 Å². The number of hydrogen-bond acceptors (Lipinski definition) is 4. The Bertz CT molecular complexity index is 1280. The van der Waals surface area contributed by atoms with Crippen LogP contribution in [0, 0.1) is 23.0 Å². The Labute approximate surface area is 191 Å². The van der Waals surface area contributed by atoms with Crippen LogP contribution in [0.2, 0.25) is 0 Å². The Morgan fingerprint density at radius 3 is 2.29 bits per heavy atom. The predicted octanol–water partition coefficient (Wildman–Crippen LogP) is 5.30. The van der Waals surface area contributed by atoms with Gasteiger partial charge in [0.1, 0.15) is 17.7 Å². The topological polar surface area (TPSA) is 71.6 Å². The van der Waals surface area contributed by atoms with E-state index in [0.29, 0.717) is 25.7 Å². The third-order valence-electron chi connectivity index (χ3n) is 6.19. The standard InChI is InChI=1S/C24H19F5N4O/c25-19-4-1-5-20(26)22(19)15-8-6-14(7-9-15)17-11-16(12-30)32-33(23(17)34)13-21-18(24(27,28)29)3-2-10-31-21/h1-5,10-11,14-15H,6-9,13H2. The second kappa shape index (κ2) is 9.33. The summed E-state index contributed by atoms with van der Waals surface area (Å²) in [5.74, 6) is -1.89. The first kappa shape index (κ1) is 23.5. The average molecular weight is 474 g/mol. The number of aromatic nitrogens is 3. The lowest BCUT2D eigenvalue weighted by atomic mass is 9.76. The van der Waals surface area contributed by atoms with Crippen molar-refractivity contribution >= 4 is 0 Å². The van der Waals surface area contributed by atoms with E-state index in [1.807, 2.05) is 6.07 Å². The molecular weight excluding hydrogens is 455 g/mol. The van der Waals surface area contributed by atoms with Crippen molar-refractivity contribution in [2.24, 2.45) is 0 Å². The molecule has 0 unspecified atom stereocenters. The fourth-order valence-electron chi connectivity index (χ4n) is 4.57. The number of nitriles is 1. The molecule has 34 heavy (non-hydrogen) atoms. The maximum Gasteiger partial charge on any atom is 0.418 e. The Balaban J connectivity index is 1.62. The number of benzene rings is 1. The second-order valence-corrected chi connectivity index (χ2v) is 8.24. The summed E-state index contributed by atoms with van der Waals surface area (Å²) < 4.78 is 69.2. The smallest absolute Gasteiger partial charge is 0.267 e. The van der Waals surface area contributed by atoms with Crippen molar-refractivity contribution in [1.29, 1.82) is 5.26 Å². The molecular formula is C24H19F5N4O. The molecule has 0 aliphatic heterocycles. The zero-order chi connectivity index (χ0) is 24.5. The summed E-state index contributed by atoms with van der Waals surface area (Å²) in [6.07, 6.45) is -1.77. The van der Waals surface area contributed by atoms with E-state index in [1.54, 1.807) is 0 Å². The highest BCUT2D eigenvalue weighted by Gasteiger charge is 2.34. The first-order chi connectivity index (χ1) is 16.2. The van der Waals surface area contributed by atoms with Gasteiger partial charge in [-0.1, -0.05) is 6.07 Å². The molecule has 5 nitrogen and oxygen atoms in total. The molecule has 10 heteroatoms. The molecule has 0 atom stereocenters. The van der Waals surface area contributed by atoms with Crippen LogP contribution in [-0.2, 0) is 12.7 Å². The summed E-state index contributed by atoms with van der Waals surface area (Å²) in [7, 11) is 0. The van der Waals surface area contributed by atoms with E-state index < -0.39 is 35.5 Å². The van der Waals surface area contributed by atoms with Crippen LogP contribution in [0.3, 0.4) is 0 Å². The maximum atomic E-state index is 14.2. The number of nitrogens with zero attached hydrogens (tertiary/aromatic N) is 4. The molecule has 1 aliphatic rings. The Kier molecular flexibility index (Phi) is 6.46. The lowest BCUT2D eigenvalue weighted by Gasteiger charge is -2.29. The molecule has 3 aromatic rings. The average Bonchev–Trinajstić information content (AvgIpc) is 2.80. The highest BCUT2D eigenvalue weighted by atomic mass is 19.4. The molecule has 0 amide bonds. The van der Waals surface area contributed by atoms with Gasteiger partial charge in [-0.25, -0.2) is 13.5 Å². The largest absolute Gasteiger partial charge is 0.418 e. The SMILES string of the molecule is N#Cc1cc(C2CCC(c3c(F)cccc3F)CC2)c(=O)n(Cc2ncccc2C(F)(F)F)n1. The van der Waals surface area contributed by atoms with Gasteiger partial charge in [-0.15, -0.1) is 0 Å². The highest BCUT2D eigenvalue weighted by molar-refractivity contribution is 5.29. The van der Waals surface area contributed by atoms with Crippen LogP contribution in [-0.4, -0.2) is 14.8 Å². The molecule has 4 rings (SSSR count). The minimum Gasteiger partial charge on any atom is -0.267 e. The molecule has 0 bridgehead atoms. The van der Waals surface area contributed by atoms with Gasteiger partial charge in [0.05, 0.1) is 17.8 Å². The van der Waals surface area contributed by atoms with E-state index in [0.717, 1.165) is 16.8 Å². The van der Waals surface area contributed by atoms with Gasteiger partial charge in [-0.3, -0.25) is 9.78 Å². The van der Waals surface area contributed by atoms with Crippen molar-refractivity contribution in [3.63, 3.8) is 0 Å². The fraction of sp³-hybridized carbons (Fsp3) is 0.333. The first-order valence-electron chi connectivity index (χ1n) is 10.7. The maximum absolute atomic E-state index is 14.2. The van der Waals surface area contributed by atoms with Crippen LogP contribution in [0.15, 0.2) is 47.4 Å². The Morgan fingerprint density at radius 2 is 1.68 bits per heavy atom. The van der Waals surface area contributed by atoms with Crippen molar-refractivity contribution in [1.82, 2.24) is 14.8 Å². The summed E-state index contributed by atoms with van der Waals surface area (Å²) in [5.41, 5.74) is -1.81. The molecule has 1 aliphatic carbocycles. The molecule has 0 spiro atoms. The van der Waals surface area contributed by atoms with Gasteiger partial charge in [0.25, 0.3) is 5.56 Å². The van der Waals surface area contributed by atoms with Crippen molar-refractivity contribution in [3.05, 3.63) is 92.7 Å². The van der Waals surface area contributed by atoms with Crippen LogP contribution in [0.1, 0.15) is 65.6 Å². The quantitative estimate of drug-likeness (QED) is 0.482. The molecule has 2 heterocycles. The summed E-state index contributed by atoms with van der Waals surface area (Å²) >= 11 is 0. The lowest BCUT2D eigenvalue weighted by molar-refractivity contribution is -0.138. The minimum absolute atomic E-state index is 0.0284. The lowest BCUT2D eigenvalue weighted by Crippen LogP contribution is -2.31. The first-order valence-corrected chi connectivity index (χ1v) is 10.7. The van der Waals surface area contributed by atoms with E-state index in [2.05, 4.69) is 10.1 Å². The summed E-state index contributed by atoms with van der Waals surface area (Å²) in [5, 5.41) is 13.3. The fourth-order valence-corrected chi connectivity index (χ4v) is 4.57. The van der Waals surface area contributed by atoms with Crippen LogP contribution in [0.5, 0.6) is 0 Å². The number of alkyl halides is 3. The van der Waals surface area contributed by atoms with Gasteiger partial charge in [0.2, 0.25) is 0 Å². The second-order valence-electron chi connectivity index (χ2n) is 8.24. The van der Waals surface area contributed by atoms with Crippen LogP contribution < -0.4 is 5.56 Å². The van der Waals surface area contributed by atoms with Crippen molar-refractivity contribution in [2.45, 2.75) is 50.2 Å². The zero-order valence-corrected chi connectivity index (χ0v) is 17.8. The molecule has 1 fully saturated rings. The van der Waals surface area contributed by atoms with E-state index in [-0.39, 0.29) is 34.4 Å². The van der Waals surface area contributed by atoms with Gasteiger partial charge in [-0.05, 0) is 67.9 Å². The van der Waals surface area contributed by atoms with E-state index in [9.17, 15) is 32.0 Å². The van der Waals surface area contributed by atoms with Crippen LogP contribution >= 0.6 is 0 Å². The van der Waals surface area contributed by atoms with E-state index >= 15 is 0 Å². The normalized spacial score (nSPS) is 18.5. The third kappa shape index (κ3) is 4.69. The van der Waals surface area contributed by atoms with Crippen molar-refractivity contribution in [2.75, 3.05) is 0 Å². The molecule has 176 valence electrons. The Hall–Kier alpha value is -3.61. The van der Waals surface area contributed by atoms with Gasteiger partial charge < -0.3 is 0 Å². The summed E-state index contributed by atoms with van der Waals surface area (Å²) in [4.78, 5) is 16.9. The van der Waals surface area contributed by atoms with Gasteiger partial charge in [0.15, 0.2) is 5.69 Å². The van der Waals surface area contributed by atoms with Gasteiger partial charge in [-0.2, -0.15) is 23.5 Å². The third-order valence-corrected chi connectivity index (χ3v) is 6.19. The van der Waals surface area contributed by atoms with E-state index in [4.69, 9.17) is 0 Å². The number of pyridine rings is 1. The molecule has 0 radical (unpaired) electrons. The van der Waals surface area contributed by atoms with Crippen LogP contribution in [0.4, 0.5) is 22.0 Å². The monoisotopic (exact) mass is 474 g/mol. The minimum atomic E-state index is -4.66. The van der Waals surface area contributed by atoms with E-state index in [1.165, 1.54) is 30.5 Å². The molecule has 2 aromatic heterocycles. The number of rotatable bonds is 4. The predicted molar refractivity (Wildman–Crippen MR) is 112 cm³/mol. The van der Waals surface area contributed by atoms with Crippen LogP contribution in [0.25, 0.3) is 0 Å².